The summed E-state index contributed by atoms with van der Waals surface area (Å²) in [6, 6.07) is 0.428. The van der Waals surface area contributed by atoms with Crippen molar-refractivity contribution in [3.8, 4) is 0 Å². The van der Waals surface area contributed by atoms with Crippen molar-refractivity contribution >= 4 is 0 Å². The van der Waals surface area contributed by atoms with E-state index in [0.717, 1.165) is 26.2 Å². The van der Waals surface area contributed by atoms with E-state index in [2.05, 4.69) is 37.9 Å². The molecule has 1 saturated heterocycles. The van der Waals surface area contributed by atoms with Crippen molar-refractivity contribution in [1.29, 1.82) is 0 Å². The average Bonchev–Trinajstić information content (AvgIpc) is 2.82. The Balaban J connectivity index is 2.52. The van der Waals surface area contributed by atoms with Crippen molar-refractivity contribution in [3.05, 3.63) is 0 Å². The van der Waals surface area contributed by atoms with Crippen LogP contribution in [0.15, 0.2) is 0 Å². The molecule has 0 aromatic heterocycles. The summed E-state index contributed by atoms with van der Waals surface area (Å²) in [6.07, 6.45) is 3.79. The predicted octanol–water partition coefficient (Wildman–Crippen LogP) is 2.27. The van der Waals surface area contributed by atoms with Gasteiger partial charge in [-0.3, -0.25) is 4.90 Å². The number of nitrogens with zero attached hydrogens (tertiary/aromatic N) is 1. The molecule has 3 heteroatoms. The van der Waals surface area contributed by atoms with Gasteiger partial charge in [-0.05, 0) is 52.7 Å². The zero-order valence-corrected chi connectivity index (χ0v) is 12.1. The molecule has 1 atom stereocenters. The van der Waals surface area contributed by atoms with Crippen molar-refractivity contribution in [1.82, 2.24) is 10.2 Å². The maximum atomic E-state index is 5.75. The molecule has 1 aliphatic heterocycles. The quantitative estimate of drug-likeness (QED) is 0.661. The molecule has 1 unspecified atom stereocenters. The normalized spacial score (nSPS) is 19.8. The molecule has 0 aromatic carbocycles. The third-order valence-electron chi connectivity index (χ3n) is 3.86. The molecule has 0 radical (unpaired) electrons. The van der Waals surface area contributed by atoms with Gasteiger partial charge in [-0.1, -0.05) is 13.8 Å². The highest BCUT2D eigenvalue weighted by molar-refractivity contribution is 4.95. The first-order valence-electron chi connectivity index (χ1n) is 7.19. The number of likely N-dealkylation sites (tertiary alicyclic amines) is 1. The zero-order chi connectivity index (χ0) is 12.7. The van der Waals surface area contributed by atoms with E-state index in [-0.39, 0.29) is 5.54 Å². The fraction of sp³-hybridized carbons (Fsp3) is 1.00. The smallest absolute Gasteiger partial charge is 0.0637 e. The lowest BCUT2D eigenvalue weighted by molar-refractivity contribution is 0.0372. The van der Waals surface area contributed by atoms with Crippen LogP contribution < -0.4 is 5.32 Å². The van der Waals surface area contributed by atoms with Crippen LogP contribution in [0.2, 0.25) is 0 Å². The average molecular weight is 242 g/mol. The minimum atomic E-state index is 0.195. The molecule has 0 aromatic rings. The molecule has 0 saturated carbocycles. The summed E-state index contributed by atoms with van der Waals surface area (Å²) < 4.78 is 5.75. The number of rotatable bonds is 8. The Hall–Kier alpha value is -0.120. The molecule has 17 heavy (non-hydrogen) atoms. The lowest BCUT2D eigenvalue weighted by atomic mass is 9.93. The fourth-order valence-electron chi connectivity index (χ4n) is 2.62. The van der Waals surface area contributed by atoms with Gasteiger partial charge in [0.05, 0.1) is 6.61 Å². The van der Waals surface area contributed by atoms with Crippen LogP contribution in [0.4, 0.5) is 0 Å². The molecule has 1 aliphatic rings. The number of hydrogen-bond acceptors (Lipinski definition) is 3. The first-order valence-corrected chi connectivity index (χ1v) is 7.19. The van der Waals surface area contributed by atoms with E-state index in [1.165, 1.54) is 25.9 Å². The van der Waals surface area contributed by atoms with Crippen LogP contribution >= 0.6 is 0 Å². The molecule has 1 fully saturated rings. The van der Waals surface area contributed by atoms with Crippen LogP contribution in [0.3, 0.4) is 0 Å². The molecule has 102 valence electrons. The minimum absolute atomic E-state index is 0.195. The van der Waals surface area contributed by atoms with Crippen LogP contribution in [-0.4, -0.2) is 49.3 Å². The maximum Gasteiger partial charge on any atom is 0.0637 e. The molecule has 0 amide bonds. The second-order valence-corrected chi connectivity index (χ2v) is 5.53. The fourth-order valence-corrected chi connectivity index (χ4v) is 2.62. The Labute approximate surface area is 107 Å². The third-order valence-corrected chi connectivity index (χ3v) is 3.86. The highest BCUT2D eigenvalue weighted by Crippen LogP contribution is 2.24. The summed E-state index contributed by atoms with van der Waals surface area (Å²) in [5.41, 5.74) is 0.195. The van der Waals surface area contributed by atoms with Gasteiger partial charge in [0, 0.05) is 18.2 Å². The molecule has 3 nitrogen and oxygen atoms in total. The van der Waals surface area contributed by atoms with E-state index in [0.29, 0.717) is 6.04 Å². The number of hydrogen-bond donors (Lipinski definition) is 1. The SMILES string of the molecule is CCCOCC(NCC)C(C)(C)N1CCCC1. The van der Waals surface area contributed by atoms with Crippen molar-refractivity contribution in [2.24, 2.45) is 0 Å². The Morgan fingerprint density at radius 1 is 1.24 bits per heavy atom. The maximum absolute atomic E-state index is 5.75. The highest BCUT2D eigenvalue weighted by atomic mass is 16.5. The van der Waals surface area contributed by atoms with Gasteiger partial charge in [0.15, 0.2) is 0 Å². The standard InChI is InChI=1S/C14H30N2O/c1-5-11-17-12-13(15-6-2)14(3,4)16-9-7-8-10-16/h13,15H,5-12H2,1-4H3. The van der Waals surface area contributed by atoms with Crippen molar-refractivity contribution in [2.45, 2.75) is 58.5 Å². The van der Waals surface area contributed by atoms with Crippen LogP contribution in [0.25, 0.3) is 0 Å². The zero-order valence-electron chi connectivity index (χ0n) is 12.1. The van der Waals surface area contributed by atoms with E-state index in [1.807, 2.05) is 0 Å². The molecule has 0 spiro atoms. The molecular formula is C14H30N2O. The van der Waals surface area contributed by atoms with Crippen LogP contribution in [0.1, 0.15) is 47.0 Å². The Kier molecular flexibility index (Phi) is 6.45. The summed E-state index contributed by atoms with van der Waals surface area (Å²) in [5, 5.41) is 3.59. The molecule has 1 heterocycles. The van der Waals surface area contributed by atoms with Gasteiger partial charge >= 0.3 is 0 Å². The third kappa shape index (κ3) is 4.23. The summed E-state index contributed by atoms with van der Waals surface area (Å²) in [4.78, 5) is 2.61. The van der Waals surface area contributed by atoms with E-state index in [4.69, 9.17) is 4.74 Å². The van der Waals surface area contributed by atoms with E-state index in [1.54, 1.807) is 0 Å². The van der Waals surface area contributed by atoms with Gasteiger partial charge in [-0.15, -0.1) is 0 Å². The Bertz CT molecular complexity index is 200. The van der Waals surface area contributed by atoms with Gasteiger partial charge in [0.1, 0.15) is 0 Å². The van der Waals surface area contributed by atoms with E-state index in [9.17, 15) is 0 Å². The second-order valence-electron chi connectivity index (χ2n) is 5.53. The number of likely N-dealkylation sites (N-methyl/N-ethyl adjacent to an activating group) is 1. The van der Waals surface area contributed by atoms with Crippen molar-refractivity contribution in [2.75, 3.05) is 32.8 Å². The Morgan fingerprint density at radius 3 is 2.41 bits per heavy atom. The number of ether oxygens (including phenoxy) is 1. The summed E-state index contributed by atoms with van der Waals surface area (Å²) in [7, 11) is 0. The summed E-state index contributed by atoms with van der Waals surface area (Å²) >= 11 is 0. The second kappa shape index (κ2) is 7.34. The van der Waals surface area contributed by atoms with E-state index >= 15 is 0 Å². The topological polar surface area (TPSA) is 24.5 Å². The van der Waals surface area contributed by atoms with Crippen LogP contribution in [0.5, 0.6) is 0 Å². The van der Waals surface area contributed by atoms with Gasteiger partial charge in [0.2, 0.25) is 0 Å². The first kappa shape index (κ1) is 14.9. The molecular weight excluding hydrogens is 212 g/mol. The molecule has 1 rings (SSSR count). The lowest BCUT2D eigenvalue weighted by Crippen LogP contribution is -2.58. The summed E-state index contributed by atoms with van der Waals surface area (Å²) in [5.74, 6) is 0. The van der Waals surface area contributed by atoms with Crippen molar-refractivity contribution in [3.63, 3.8) is 0 Å². The monoisotopic (exact) mass is 242 g/mol. The Morgan fingerprint density at radius 2 is 1.88 bits per heavy atom. The lowest BCUT2D eigenvalue weighted by Gasteiger charge is -2.42. The highest BCUT2D eigenvalue weighted by Gasteiger charge is 2.36. The van der Waals surface area contributed by atoms with Gasteiger partial charge in [0.25, 0.3) is 0 Å². The predicted molar refractivity (Wildman–Crippen MR) is 73.5 cm³/mol. The van der Waals surface area contributed by atoms with Gasteiger partial charge in [-0.25, -0.2) is 0 Å². The summed E-state index contributed by atoms with van der Waals surface area (Å²) in [6.45, 7) is 14.2. The minimum Gasteiger partial charge on any atom is -0.380 e. The number of nitrogens with one attached hydrogen (secondary N) is 1. The van der Waals surface area contributed by atoms with E-state index < -0.39 is 0 Å². The van der Waals surface area contributed by atoms with Crippen molar-refractivity contribution < 1.29 is 4.74 Å². The molecule has 1 N–H and O–H groups in total. The largest absolute Gasteiger partial charge is 0.380 e. The van der Waals surface area contributed by atoms with Crippen LogP contribution in [0, 0.1) is 0 Å². The molecule has 0 aliphatic carbocycles. The van der Waals surface area contributed by atoms with Gasteiger partial charge < -0.3 is 10.1 Å². The first-order chi connectivity index (χ1) is 8.12. The van der Waals surface area contributed by atoms with Crippen LogP contribution in [-0.2, 0) is 4.74 Å². The molecule has 0 bridgehead atoms. The van der Waals surface area contributed by atoms with Gasteiger partial charge in [-0.2, -0.15) is 0 Å².